The van der Waals surface area contributed by atoms with Crippen LogP contribution >= 0.6 is 0 Å². The third kappa shape index (κ3) is 4.60. The topological polar surface area (TPSA) is 4.93 Å². The fourth-order valence-electron chi connectivity index (χ4n) is 4.17. The van der Waals surface area contributed by atoms with Gasteiger partial charge in [-0.1, -0.05) is 0 Å². The van der Waals surface area contributed by atoms with Crippen LogP contribution in [0.25, 0.3) is 11.8 Å². The van der Waals surface area contributed by atoms with Crippen molar-refractivity contribution in [3.63, 3.8) is 0 Å². The van der Waals surface area contributed by atoms with Gasteiger partial charge in [-0.15, -0.1) is 0 Å². The maximum absolute atomic E-state index is 2.44. The molecule has 0 spiro atoms. The standard InChI is InChI=1S/C15H14N.C9H13.2ClH.Ti/c1-11-7-12(2)16(10-11)15-8-13-5-3-4-6-14(13)9-15;1-2-3-6-9-7-4-5-8-9;;;/h3-10H,1-2H3;4,7H,2-3,5-6H2,1H3;2*1H;/q;;;;+2/p-2. The van der Waals surface area contributed by atoms with Crippen LogP contribution in [-0.4, -0.2) is 4.57 Å². The molecule has 0 aliphatic heterocycles. The summed E-state index contributed by atoms with van der Waals surface area (Å²) in [6.45, 7) is 6.72. The fourth-order valence-corrected chi connectivity index (χ4v) is 6.92. The van der Waals surface area contributed by atoms with E-state index in [1.54, 1.807) is 15.0 Å². The maximum atomic E-state index is 2.44. The normalized spacial score (nSPS) is 17.0. The van der Waals surface area contributed by atoms with Crippen LogP contribution in [0.15, 0.2) is 58.1 Å². The molecule has 2 aliphatic carbocycles. The van der Waals surface area contributed by atoms with Crippen molar-refractivity contribution < 1.29 is 44.0 Å². The van der Waals surface area contributed by atoms with Crippen LogP contribution < -0.4 is 24.8 Å². The Morgan fingerprint density at radius 2 is 1.93 bits per heavy atom. The number of allylic oxidation sites excluding steroid dienone is 5. The largest absolute Gasteiger partial charge is 1.00 e. The number of benzene rings is 1. The van der Waals surface area contributed by atoms with E-state index in [4.69, 9.17) is 0 Å². The van der Waals surface area contributed by atoms with Gasteiger partial charge < -0.3 is 24.8 Å². The third-order valence-electron chi connectivity index (χ3n) is 5.48. The molecule has 28 heavy (non-hydrogen) atoms. The van der Waals surface area contributed by atoms with Crippen molar-refractivity contribution in [3.8, 4) is 0 Å². The van der Waals surface area contributed by atoms with E-state index in [1.165, 1.54) is 48.2 Å². The molecule has 0 saturated heterocycles. The van der Waals surface area contributed by atoms with Gasteiger partial charge in [-0.3, -0.25) is 0 Å². The molecule has 2 aromatic rings. The average Bonchev–Trinajstić information content (AvgIpc) is 3.31. The van der Waals surface area contributed by atoms with Crippen LogP contribution in [0.4, 0.5) is 0 Å². The zero-order chi connectivity index (χ0) is 18.1. The maximum Gasteiger partial charge on any atom is -1.00 e. The zero-order valence-electron chi connectivity index (χ0n) is 16.8. The molecule has 0 saturated carbocycles. The number of hydrogen-bond acceptors (Lipinski definition) is 0. The predicted molar refractivity (Wildman–Crippen MR) is 108 cm³/mol. The van der Waals surface area contributed by atoms with Crippen molar-refractivity contribution in [2.24, 2.45) is 0 Å². The van der Waals surface area contributed by atoms with Crippen molar-refractivity contribution in [1.82, 2.24) is 4.57 Å². The molecule has 4 heteroatoms. The third-order valence-corrected chi connectivity index (χ3v) is 8.24. The van der Waals surface area contributed by atoms with Gasteiger partial charge in [-0.05, 0) is 0 Å². The van der Waals surface area contributed by atoms with E-state index in [0.717, 1.165) is 0 Å². The van der Waals surface area contributed by atoms with Crippen molar-refractivity contribution >= 4 is 11.8 Å². The molecule has 1 atom stereocenters. The minimum Gasteiger partial charge on any atom is -1.00 e. The van der Waals surface area contributed by atoms with Crippen molar-refractivity contribution in [1.29, 1.82) is 0 Å². The monoisotopic (exact) mass is 447 g/mol. The van der Waals surface area contributed by atoms with E-state index in [2.05, 4.69) is 80.1 Å². The molecule has 0 radical (unpaired) electrons. The second kappa shape index (κ2) is 10.2. The van der Waals surface area contributed by atoms with Gasteiger partial charge in [0.1, 0.15) is 0 Å². The molecule has 4 rings (SSSR count). The average molecular weight is 448 g/mol. The van der Waals surface area contributed by atoms with Gasteiger partial charge in [0.25, 0.3) is 0 Å². The summed E-state index contributed by atoms with van der Waals surface area (Å²) < 4.78 is 4.80. The first-order valence-electron chi connectivity index (χ1n) is 9.79. The molecule has 0 amide bonds. The van der Waals surface area contributed by atoms with E-state index in [0.29, 0.717) is 4.22 Å². The number of rotatable bonds is 6. The van der Waals surface area contributed by atoms with Gasteiger partial charge in [-0.25, -0.2) is 0 Å². The quantitative estimate of drug-likeness (QED) is 0.573. The summed E-state index contributed by atoms with van der Waals surface area (Å²) in [4.78, 5) is 0. The first kappa shape index (κ1) is 23.3. The Bertz CT molecular complexity index is 920. The predicted octanol–water partition coefficient (Wildman–Crippen LogP) is 0.652. The van der Waals surface area contributed by atoms with Gasteiger partial charge in [0, 0.05) is 0 Å². The molecule has 0 N–H and O–H groups in total. The molecule has 1 nitrogen and oxygen atoms in total. The number of hydrogen-bond donors (Lipinski definition) is 0. The minimum absolute atomic E-state index is 0. The summed E-state index contributed by atoms with van der Waals surface area (Å²) in [5, 5.41) is 0. The van der Waals surface area contributed by atoms with Gasteiger partial charge in [0.2, 0.25) is 0 Å². The Kier molecular flexibility index (Phi) is 8.46. The van der Waals surface area contributed by atoms with Gasteiger partial charge in [-0.2, -0.15) is 0 Å². The smallest absolute Gasteiger partial charge is 1.00 e. The van der Waals surface area contributed by atoms with Crippen LogP contribution in [-0.2, 0) is 19.2 Å². The van der Waals surface area contributed by atoms with Gasteiger partial charge in [0.15, 0.2) is 0 Å². The number of unbranched alkanes of at least 4 members (excludes halogenated alkanes) is 1. The van der Waals surface area contributed by atoms with Crippen LogP contribution in [0.3, 0.4) is 0 Å². The Hall–Kier alpha value is -0.986. The molecule has 2 aliphatic rings. The number of halogens is 2. The molecule has 1 aromatic carbocycles. The summed E-state index contributed by atoms with van der Waals surface area (Å²) >= 11 is -0.236. The first-order chi connectivity index (χ1) is 12.7. The Labute approximate surface area is 190 Å². The number of nitrogens with zero attached hydrogens (tertiary/aromatic N) is 1. The van der Waals surface area contributed by atoms with Crippen LogP contribution in [0.1, 0.15) is 59.2 Å². The molecule has 1 unspecified atom stereocenters. The molecule has 0 bridgehead atoms. The zero-order valence-corrected chi connectivity index (χ0v) is 19.9. The molecular weight excluding hydrogens is 421 g/mol. The molecule has 0 fully saturated rings. The van der Waals surface area contributed by atoms with E-state index in [9.17, 15) is 0 Å². The summed E-state index contributed by atoms with van der Waals surface area (Å²) in [5.41, 5.74) is 8.81. The van der Waals surface area contributed by atoms with E-state index < -0.39 is 0 Å². The SMILES string of the molecule is CCCCC1=[C]([Ti+2][CH]2C(n3cc(C)cc3C)=Cc3ccccc32)CC=C1.[Cl-].[Cl-]. The Balaban J connectivity index is 0.00000140. The summed E-state index contributed by atoms with van der Waals surface area (Å²) in [7, 11) is 0. The van der Waals surface area contributed by atoms with Gasteiger partial charge >= 0.3 is 167 Å². The van der Waals surface area contributed by atoms with Gasteiger partial charge in [0.05, 0.1) is 0 Å². The van der Waals surface area contributed by atoms with Crippen molar-refractivity contribution in [2.45, 2.75) is 50.7 Å². The molecule has 1 heterocycles. The van der Waals surface area contributed by atoms with Crippen molar-refractivity contribution in [2.75, 3.05) is 0 Å². The molecular formula is C24H27Cl2NTi. The fraction of sp³-hybridized carbons (Fsp3) is 0.333. The van der Waals surface area contributed by atoms with Crippen LogP contribution in [0.5, 0.6) is 0 Å². The Morgan fingerprint density at radius 1 is 1.14 bits per heavy atom. The summed E-state index contributed by atoms with van der Waals surface area (Å²) in [6.07, 6.45) is 14.6. The van der Waals surface area contributed by atoms with Crippen molar-refractivity contribution in [3.05, 3.63) is 80.5 Å². The number of aryl methyl sites for hydroxylation is 2. The second-order valence-electron chi connectivity index (χ2n) is 7.52. The minimum atomic E-state index is -0.236. The molecule has 1 aromatic heterocycles. The summed E-state index contributed by atoms with van der Waals surface area (Å²) in [5.74, 6) is 0. The number of fused-ring (bicyclic) bond motifs is 1. The van der Waals surface area contributed by atoms with E-state index in [1.807, 2.05) is 0 Å². The summed E-state index contributed by atoms with van der Waals surface area (Å²) in [6, 6.07) is 11.3. The molecule has 146 valence electrons. The van der Waals surface area contributed by atoms with Crippen LogP contribution in [0.2, 0.25) is 0 Å². The van der Waals surface area contributed by atoms with E-state index in [-0.39, 0.29) is 44.0 Å². The second-order valence-corrected chi connectivity index (χ2v) is 9.81. The first-order valence-corrected chi connectivity index (χ1v) is 11.5. The van der Waals surface area contributed by atoms with E-state index >= 15 is 0 Å². The number of aromatic nitrogens is 1. The Morgan fingerprint density at radius 3 is 2.64 bits per heavy atom. The van der Waals surface area contributed by atoms with Crippen LogP contribution in [0, 0.1) is 13.8 Å².